The minimum absolute atomic E-state index is 0.411. The summed E-state index contributed by atoms with van der Waals surface area (Å²) in [5.74, 6) is 3.08. The molecule has 0 aromatic heterocycles. The van der Waals surface area contributed by atoms with E-state index in [-0.39, 0.29) is 0 Å². The van der Waals surface area contributed by atoms with Crippen molar-refractivity contribution in [2.24, 2.45) is 11.8 Å². The van der Waals surface area contributed by atoms with Gasteiger partial charge in [0.05, 0.1) is 0 Å². The van der Waals surface area contributed by atoms with E-state index >= 15 is 0 Å². The fraction of sp³-hybridized carbons (Fsp3) is 0.333. The van der Waals surface area contributed by atoms with E-state index < -0.39 is 0 Å². The Morgan fingerprint density at radius 3 is 1.15 bits per heavy atom. The summed E-state index contributed by atoms with van der Waals surface area (Å²) >= 11 is 12.6. The summed E-state index contributed by atoms with van der Waals surface area (Å²) in [6.07, 6.45) is 0. The molecule has 0 fully saturated rings. The van der Waals surface area contributed by atoms with Crippen LogP contribution in [0.1, 0.15) is 34.1 Å². The molecular formula is C18H16Cl2. The molecule has 0 heterocycles. The van der Waals surface area contributed by atoms with Crippen LogP contribution in [0, 0.1) is 11.8 Å². The second kappa shape index (κ2) is 4.79. The van der Waals surface area contributed by atoms with Gasteiger partial charge in [-0.1, -0.05) is 48.5 Å². The van der Waals surface area contributed by atoms with E-state index in [1.807, 2.05) is 0 Å². The number of fused-ring (bicyclic) bond motifs is 1. The van der Waals surface area contributed by atoms with E-state index in [9.17, 15) is 0 Å². The molecule has 2 atom stereocenters. The monoisotopic (exact) mass is 302 g/mol. The maximum absolute atomic E-state index is 6.32. The molecule has 3 aliphatic rings. The molecule has 2 bridgehead atoms. The molecule has 2 heteroatoms. The lowest BCUT2D eigenvalue weighted by molar-refractivity contribution is 0.278. The van der Waals surface area contributed by atoms with Gasteiger partial charge in [0.25, 0.3) is 0 Å². The number of alkyl halides is 2. The highest BCUT2D eigenvalue weighted by molar-refractivity contribution is 6.19. The second-order valence-electron chi connectivity index (χ2n) is 5.85. The van der Waals surface area contributed by atoms with Crippen molar-refractivity contribution in [2.45, 2.75) is 11.8 Å². The zero-order valence-corrected chi connectivity index (χ0v) is 12.6. The van der Waals surface area contributed by atoms with E-state index in [2.05, 4.69) is 48.5 Å². The third kappa shape index (κ3) is 1.55. The molecule has 2 aromatic rings. The Bertz CT molecular complexity index is 546. The van der Waals surface area contributed by atoms with Gasteiger partial charge >= 0.3 is 0 Å². The minimum Gasteiger partial charge on any atom is -0.126 e. The molecule has 5 rings (SSSR count). The first kappa shape index (κ1) is 12.7. The second-order valence-corrected chi connectivity index (χ2v) is 6.47. The molecule has 0 radical (unpaired) electrons. The zero-order chi connectivity index (χ0) is 13.7. The predicted molar refractivity (Wildman–Crippen MR) is 85.0 cm³/mol. The van der Waals surface area contributed by atoms with Crippen LogP contribution in [0.25, 0.3) is 0 Å². The van der Waals surface area contributed by atoms with Crippen molar-refractivity contribution >= 4 is 23.2 Å². The van der Waals surface area contributed by atoms with Crippen LogP contribution in [0.4, 0.5) is 0 Å². The van der Waals surface area contributed by atoms with Crippen molar-refractivity contribution in [1.82, 2.24) is 0 Å². The first-order chi connectivity index (χ1) is 9.86. The third-order valence-corrected chi connectivity index (χ3v) is 5.81. The Labute approximate surface area is 129 Å². The van der Waals surface area contributed by atoms with Gasteiger partial charge < -0.3 is 0 Å². The van der Waals surface area contributed by atoms with E-state index in [0.29, 0.717) is 35.4 Å². The largest absolute Gasteiger partial charge is 0.126 e. The summed E-state index contributed by atoms with van der Waals surface area (Å²) in [7, 11) is 0. The van der Waals surface area contributed by atoms with Crippen molar-refractivity contribution in [1.29, 1.82) is 0 Å². The average Bonchev–Trinajstić information content (AvgIpc) is 2.53. The lowest BCUT2D eigenvalue weighted by Crippen LogP contribution is -2.41. The fourth-order valence-corrected chi connectivity index (χ4v) is 5.13. The van der Waals surface area contributed by atoms with Crippen LogP contribution in [0.2, 0.25) is 0 Å². The van der Waals surface area contributed by atoms with E-state index in [1.54, 1.807) is 0 Å². The molecule has 0 unspecified atom stereocenters. The summed E-state index contributed by atoms with van der Waals surface area (Å²) < 4.78 is 0. The summed E-state index contributed by atoms with van der Waals surface area (Å²) in [5, 5.41) is 0. The average molecular weight is 303 g/mol. The summed E-state index contributed by atoms with van der Waals surface area (Å²) in [4.78, 5) is 0. The van der Waals surface area contributed by atoms with Crippen LogP contribution in [0.15, 0.2) is 48.5 Å². The molecule has 0 nitrogen and oxygen atoms in total. The van der Waals surface area contributed by atoms with Gasteiger partial charge in [-0.3, -0.25) is 0 Å². The Morgan fingerprint density at radius 1 is 0.600 bits per heavy atom. The third-order valence-electron chi connectivity index (χ3n) is 5.09. The predicted octanol–water partition coefficient (Wildman–Crippen LogP) is 4.99. The van der Waals surface area contributed by atoms with Crippen LogP contribution in [-0.2, 0) is 0 Å². The van der Waals surface area contributed by atoms with Crippen LogP contribution in [0.3, 0.4) is 0 Å². The number of benzene rings is 2. The summed E-state index contributed by atoms with van der Waals surface area (Å²) in [5.41, 5.74) is 5.85. The molecule has 0 N–H and O–H groups in total. The Hall–Kier alpha value is -0.980. The SMILES string of the molecule is ClC[C@H]1C2c3ccccc3C(c3ccccc32)[C@@H]1CCl. The lowest BCUT2D eigenvalue weighted by atomic mass is 9.55. The molecule has 0 amide bonds. The maximum atomic E-state index is 6.32. The van der Waals surface area contributed by atoms with Crippen LogP contribution in [-0.4, -0.2) is 11.8 Å². The first-order valence-corrected chi connectivity index (χ1v) is 8.23. The van der Waals surface area contributed by atoms with Gasteiger partial charge in [0.2, 0.25) is 0 Å². The minimum atomic E-state index is 0.411. The highest BCUT2D eigenvalue weighted by atomic mass is 35.5. The molecule has 0 saturated carbocycles. The van der Waals surface area contributed by atoms with Gasteiger partial charge in [0.15, 0.2) is 0 Å². The van der Waals surface area contributed by atoms with Crippen molar-refractivity contribution in [2.75, 3.05) is 11.8 Å². The number of halogens is 2. The molecule has 3 aliphatic carbocycles. The van der Waals surface area contributed by atoms with E-state index in [1.165, 1.54) is 22.3 Å². The topological polar surface area (TPSA) is 0 Å². The van der Waals surface area contributed by atoms with Crippen LogP contribution in [0.5, 0.6) is 0 Å². The molecule has 0 spiro atoms. The van der Waals surface area contributed by atoms with Crippen LogP contribution >= 0.6 is 23.2 Å². The molecular weight excluding hydrogens is 287 g/mol. The fourth-order valence-electron chi connectivity index (χ4n) is 4.31. The van der Waals surface area contributed by atoms with Gasteiger partial charge in [-0.15, -0.1) is 23.2 Å². The molecule has 102 valence electrons. The van der Waals surface area contributed by atoms with Gasteiger partial charge in [-0.2, -0.15) is 0 Å². The Balaban J connectivity index is 2.01. The Kier molecular flexibility index (Phi) is 3.05. The zero-order valence-electron chi connectivity index (χ0n) is 11.1. The van der Waals surface area contributed by atoms with Gasteiger partial charge in [0, 0.05) is 23.6 Å². The quantitative estimate of drug-likeness (QED) is 0.686. The van der Waals surface area contributed by atoms with Crippen molar-refractivity contribution in [3.63, 3.8) is 0 Å². The number of rotatable bonds is 2. The summed E-state index contributed by atoms with van der Waals surface area (Å²) in [6, 6.07) is 17.7. The standard InChI is InChI=1S/C18H16Cl2/c19-9-15-16(10-20)18-12-6-2-1-5-11(12)17(15)13-7-3-4-8-14(13)18/h1-8,15-18H,9-10H2/t15-,16-,17?,18?/m1/s1. The molecule has 0 saturated heterocycles. The maximum Gasteiger partial charge on any atom is 0.0264 e. The number of hydrogen-bond acceptors (Lipinski definition) is 0. The van der Waals surface area contributed by atoms with Gasteiger partial charge in [-0.25, -0.2) is 0 Å². The first-order valence-electron chi connectivity index (χ1n) is 7.16. The van der Waals surface area contributed by atoms with Crippen molar-refractivity contribution < 1.29 is 0 Å². The van der Waals surface area contributed by atoms with Crippen molar-refractivity contribution in [3.05, 3.63) is 70.8 Å². The normalized spacial score (nSPS) is 29.9. The smallest absolute Gasteiger partial charge is 0.0264 e. The molecule has 0 aliphatic heterocycles. The van der Waals surface area contributed by atoms with Crippen LogP contribution < -0.4 is 0 Å². The van der Waals surface area contributed by atoms with E-state index in [0.717, 1.165) is 0 Å². The Morgan fingerprint density at radius 2 is 0.900 bits per heavy atom. The highest BCUT2D eigenvalue weighted by Crippen LogP contribution is 2.58. The lowest BCUT2D eigenvalue weighted by Gasteiger charge is -2.50. The number of hydrogen-bond donors (Lipinski definition) is 0. The molecule has 2 aromatic carbocycles. The van der Waals surface area contributed by atoms with Gasteiger partial charge in [0.1, 0.15) is 0 Å². The van der Waals surface area contributed by atoms with E-state index in [4.69, 9.17) is 23.2 Å². The van der Waals surface area contributed by atoms with Crippen molar-refractivity contribution in [3.8, 4) is 0 Å². The highest BCUT2D eigenvalue weighted by Gasteiger charge is 2.48. The molecule has 20 heavy (non-hydrogen) atoms. The van der Waals surface area contributed by atoms with Gasteiger partial charge in [-0.05, 0) is 34.1 Å². The summed E-state index contributed by atoms with van der Waals surface area (Å²) in [6.45, 7) is 0.